The highest BCUT2D eigenvalue weighted by molar-refractivity contribution is 6.36. The number of carbonyl (C=O) groups excluding carboxylic acids is 1. The highest BCUT2D eigenvalue weighted by Crippen LogP contribution is 2.37. The van der Waals surface area contributed by atoms with Crippen molar-refractivity contribution in [3.8, 4) is 5.75 Å². The van der Waals surface area contributed by atoms with Crippen molar-refractivity contribution in [2.24, 2.45) is 0 Å². The molecule has 0 aromatic heterocycles. The van der Waals surface area contributed by atoms with Crippen LogP contribution in [-0.4, -0.2) is 35.5 Å². The van der Waals surface area contributed by atoms with Crippen molar-refractivity contribution in [2.45, 2.75) is 12.5 Å². The molecule has 1 unspecified atom stereocenters. The highest BCUT2D eigenvalue weighted by atomic mass is 35.5. The van der Waals surface area contributed by atoms with Crippen molar-refractivity contribution >= 4 is 46.4 Å². The average molecular weight is 476 g/mol. The maximum Gasteiger partial charge on any atom is 0.227 e. The highest BCUT2D eigenvalue weighted by Gasteiger charge is 2.32. The van der Waals surface area contributed by atoms with Crippen LogP contribution >= 0.6 is 34.8 Å². The van der Waals surface area contributed by atoms with Gasteiger partial charge in [-0.2, -0.15) is 0 Å². The molecule has 0 radical (unpaired) electrons. The summed E-state index contributed by atoms with van der Waals surface area (Å²) in [5, 5.41) is 11.8. The van der Waals surface area contributed by atoms with Crippen molar-refractivity contribution in [3.63, 3.8) is 0 Å². The monoisotopic (exact) mass is 474 g/mol. The van der Waals surface area contributed by atoms with Gasteiger partial charge >= 0.3 is 0 Å². The zero-order chi connectivity index (χ0) is 22.0. The molecule has 0 aliphatic carbocycles. The lowest BCUT2D eigenvalue weighted by Crippen LogP contribution is -2.51. The predicted octanol–water partition coefficient (Wildman–Crippen LogP) is 5.99. The average Bonchev–Trinajstić information content (AvgIpc) is 2.76. The van der Waals surface area contributed by atoms with Crippen LogP contribution in [0, 0.1) is 0 Å². The third-order valence-electron chi connectivity index (χ3n) is 5.54. The van der Waals surface area contributed by atoms with Crippen molar-refractivity contribution in [3.05, 3.63) is 92.9 Å². The van der Waals surface area contributed by atoms with Crippen molar-refractivity contribution < 1.29 is 9.90 Å². The van der Waals surface area contributed by atoms with Crippen LogP contribution in [0.5, 0.6) is 5.75 Å². The van der Waals surface area contributed by atoms with Gasteiger partial charge in [-0.05, 0) is 42.0 Å². The summed E-state index contributed by atoms with van der Waals surface area (Å²) >= 11 is 18.7. The van der Waals surface area contributed by atoms with Gasteiger partial charge in [0.05, 0.1) is 23.2 Å². The molecule has 0 saturated carbocycles. The molecule has 1 aliphatic heterocycles. The number of benzene rings is 3. The molecule has 1 saturated heterocycles. The minimum atomic E-state index is -0.0991. The van der Waals surface area contributed by atoms with E-state index in [9.17, 15) is 9.90 Å². The molecule has 3 aromatic carbocycles. The molecular formula is C24H21Cl3N2O2. The number of para-hydroxylation sites is 1. The molecule has 0 bridgehead atoms. The van der Waals surface area contributed by atoms with E-state index in [0.29, 0.717) is 40.3 Å². The van der Waals surface area contributed by atoms with Gasteiger partial charge in [0.2, 0.25) is 5.91 Å². The number of piperazine rings is 1. The Morgan fingerprint density at radius 1 is 0.935 bits per heavy atom. The molecule has 31 heavy (non-hydrogen) atoms. The Balaban J connectivity index is 1.61. The van der Waals surface area contributed by atoms with E-state index in [1.165, 1.54) is 0 Å². The number of amides is 1. The SMILES string of the molecule is O=C(Cc1ccccc1O)N1CCN(c2ccc(Cl)cc2Cl)C(c2ccc(Cl)cc2)C1. The van der Waals surface area contributed by atoms with Gasteiger partial charge in [-0.25, -0.2) is 0 Å². The zero-order valence-electron chi connectivity index (χ0n) is 16.6. The van der Waals surface area contributed by atoms with Crippen molar-refractivity contribution in [1.82, 2.24) is 4.90 Å². The van der Waals surface area contributed by atoms with E-state index in [2.05, 4.69) is 4.90 Å². The molecule has 7 heteroatoms. The number of halogens is 3. The first-order valence-electron chi connectivity index (χ1n) is 9.94. The van der Waals surface area contributed by atoms with E-state index in [-0.39, 0.29) is 24.1 Å². The Morgan fingerprint density at radius 3 is 2.35 bits per heavy atom. The Labute approximate surface area is 196 Å². The van der Waals surface area contributed by atoms with E-state index in [0.717, 1.165) is 11.3 Å². The maximum absolute atomic E-state index is 13.0. The number of hydrogen-bond acceptors (Lipinski definition) is 3. The number of aromatic hydroxyl groups is 1. The number of anilines is 1. The second-order valence-corrected chi connectivity index (χ2v) is 8.78. The van der Waals surface area contributed by atoms with Crippen LogP contribution in [0.25, 0.3) is 0 Å². The first kappa shape index (κ1) is 21.8. The van der Waals surface area contributed by atoms with Crippen LogP contribution in [0.4, 0.5) is 5.69 Å². The van der Waals surface area contributed by atoms with Gasteiger partial charge in [0.25, 0.3) is 0 Å². The summed E-state index contributed by atoms with van der Waals surface area (Å²) in [7, 11) is 0. The van der Waals surface area contributed by atoms with E-state index in [4.69, 9.17) is 34.8 Å². The molecule has 1 atom stereocenters. The number of carbonyl (C=O) groups is 1. The summed E-state index contributed by atoms with van der Waals surface area (Å²) in [4.78, 5) is 17.1. The van der Waals surface area contributed by atoms with Gasteiger partial charge in [-0.3, -0.25) is 4.79 Å². The summed E-state index contributed by atoms with van der Waals surface area (Å²) in [5.41, 5.74) is 2.54. The Morgan fingerprint density at radius 2 is 1.65 bits per heavy atom. The zero-order valence-corrected chi connectivity index (χ0v) is 18.9. The first-order valence-corrected chi connectivity index (χ1v) is 11.1. The second kappa shape index (κ2) is 9.39. The lowest BCUT2D eigenvalue weighted by molar-refractivity contribution is -0.131. The first-order chi connectivity index (χ1) is 14.9. The summed E-state index contributed by atoms with van der Waals surface area (Å²) in [6, 6.07) is 19.9. The number of rotatable bonds is 4. The molecule has 160 valence electrons. The molecule has 0 spiro atoms. The second-order valence-electron chi connectivity index (χ2n) is 7.50. The normalized spacial score (nSPS) is 16.4. The van der Waals surface area contributed by atoms with E-state index in [1.54, 1.807) is 24.3 Å². The number of phenolic OH excluding ortho intramolecular Hbond substituents is 1. The summed E-state index contributed by atoms with van der Waals surface area (Å²) in [6.07, 6.45) is 0.154. The van der Waals surface area contributed by atoms with Crippen molar-refractivity contribution in [1.29, 1.82) is 0 Å². The van der Waals surface area contributed by atoms with Crippen LogP contribution in [-0.2, 0) is 11.2 Å². The predicted molar refractivity (Wildman–Crippen MR) is 126 cm³/mol. The van der Waals surface area contributed by atoms with Crippen LogP contribution < -0.4 is 4.90 Å². The van der Waals surface area contributed by atoms with Gasteiger partial charge in [-0.15, -0.1) is 0 Å². The van der Waals surface area contributed by atoms with Crippen molar-refractivity contribution in [2.75, 3.05) is 24.5 Å². The lowest BCUT2D eigenvalue weighted by Gasteiger charge is -2.43. The van der Waals surface area contributed by atoms with Crippen LogP contribution in [0.1, 0.15) is 17.2 Å². The Bertz CT molecular complexity index is 1090. The quantitative estimate of drug-likeness (QED) is 0.504. The third kappa shape index (κ3) is 4.93. The van der Waals surface area contributed by atoms with Gasteiger partial charge in [0.15, 0.2) is 0 Å². The fourth-order valence-corrected chi connectivity index (χ4v) is 4.56. The Hall–Kier alpha value is -2.40. The summed E-state index contributed by atoms with van der Waals surface area (Å²) in [5.74, 6) is 0.110. The topological polar surface area (TPSA) is 43.8 Å². The van der Waals surface area contributed by atoms with Crippen LogP contribution in [0.3, 0.4) is 0 Å². The minimum absolute atomic E-state index is 0.0256. The molecule has 1 aliphatic rings. The van der Waals surface area contributed by atoms with Crippen LogP contribution in [0.2, 0.25) is 15.1 Å². The summed E-state index contributed by atoms with van der Waals surface area (Å²) in [6.45, 7) is 1.66. The summed E-state index contributed by atoms with van der Waals surface area (Å²) < 4.78 is 0. The lowest BCUT2D eigenvalue weighted by atomic mass is 10.0. The fourth-order valence-electron chi connectivity index (χ4n) is 3.92. The molecule has 1 N–H and O–H groups in total. The third-order valence-corrected chi connectivity index (χ3v) is 6.33. The number of nitrogens with zero attached hydrogens (tertiary/aromatic N) is 2. The van der Waals surface area contributed by atoms with E-state index >= 15 is 0 Å². The number of hydrogen-bond donors (Lipinski definition) is 1. The smallest absolute Gasteiger partial charge is 0.227 e. The molecule has 1 amide bonds. The van der Waals surface area contributed by atoms with Gasteiger partial charge in [-0.1, -0.05) is 65.1 Å². The molecule has 4 rings (SSSR count). The van der Waals surface area contributed by atoms with Gasteiger partial charge in [0.1, 0.15) is 5.75 Å². The fraction of sp³-hybridized carbons (Fsp3) is 0.208. The van der Waals surface area contributed by atoms with Crippen LogP contribution in [0.15, 0.2) is 66.7 Å². The molecule has 3 aromatic rings. The largest absolute Gasteiger partial charge is 0.508 e. The molecule has 1 fully saturated rings. The maximum atomic E-state index is 13.0. The molecular weight excluding hydrogens is 455 g/mol. The van der Waals surface area contributed by atoms with E-state index < -0.39 is 0 Å². The van der Waals surface area contributed by atoms with Gasteiger partial charge < -0.3 is 14.9 Å². The van der Waals surface area contributed by atoms with E-state index in [1.807, 2.05) is 47.4 Å². The number of phenols is 1. The Kier molecular flexibility index (Phi) is 6.61. The van der Waals surface area contributed by atoms with Gasteiger partial charge in [0, 0.05) is 35.2 Å². The minimum Gasteiger partial charge on any atom is -0.508 e. The standard InChI is InChI=1S/C24H21Cl3N2O2/c25-18-7-5-16(6-8-18)22-15-28(24(31)13-17-3-1-2-4-23(17)30)11-12-29(22)21-10-9-19(26)14-20(21)27/h1-10,14,22,30H,11-13,15H2. The molecule has 1 heterocycles. The molecule has 4 nitrogen and oxygen atoms in total.